The SMILES string of the molecule is CCNC(=NCc1ccc(CS(=O)(=O)NC)cc1)NCC1(CCOC)CCC1.I. The lowest BCUT2D eigenvalue weighted by molar-refractivity contribution is 0.0732. The number of ether oxygens (including phenoxy) is 1. The van der Waals surface area contributed by atoms with Gasteiger partial charge in [0.2, 0.25) is 10.0 Å². The van der Waals surface area contributed by atoms with E-state index in [1.54, 1.807) is 7.11 Å². The Hall–Kier alpha value is -0.910. The Kier molecular flexibility index (Phi) is 11.4. The molecule has 2 rings (SSSR count). The molecule has 29 heavy (non-hydrogen) atoms. The molecule has 166 valence electrons. The average Bonchev–Trinajstić information content (AvgIpc) is 2.65. The first-order valence-electron chi connectivity index (χ1n) is 9.92. The number of aliphatic imine (C=N–C) groups is 1. The van der Waals surface area contributed by atoms with Crippen molar-refractivity contribution in [2.45, 2.75) is 44.9 Å². The van der Waals surface area contributed by atoms with Crippen LogP contribution < -0.4 is 15.4 Å². The van der Waals surface area contributed by atoms with E-state index in [0.717, 1.165) is 43.2 Å². The second-order valence-corrected chi connectivity index (χ2v) is 9.35. The molecule has 1 fully saturated rings. The number of hydrogen-bond acceptors (Lipinski definition) is 4. The van der Waals surface area contributed by atoms with Crippen molar-refractivity contribution in [1.82, 2.24) is 15.4 Å². The summed E-state index contributed by atoms with van der Waals surface area (Å²) < 4.78 is 30.9. The summed E-state index contributed by atoms with van der Waals surface area (Å²) in [6.07, 6.45) is 4.83. The van der Waals surface area contributed by atoms with Crippen LogP contribution in [0.3, 0.4) is 0 Å². The van der Waals surface area contributed by atoms with Gasteiger partial charge in [0.1, 0.15) is 0 Å². The molecule has 1 aromatic rings. The monoisotopic (exact) mass is 538 g/mol. The average molecular weight is 538 g/mol. The Labute approximate surface area is 192 Å². The predicted octanol–water partition coefficient (Wildman–Crippen LogP) is 2.62. The van der Waals surface area contributed by atoms with Crippen LogP contribution in [-0.2, 0) is 27.1 Å². The van der Waals surface area contributed by atoms with E-state index in [4.69, 9.17) is 4.74 Å². The molecule has 3 N–H and O–H groups in total. The number of halogens is 1. The second kappa shape index (κ2) is 12.7. The number of sulfonamides is 1. The largest absolute Gasteiger partial charge is 0.385 e. The summed E-state index contributed by atoms with van der Waals surface area (Å²) >= 11 is 0. The van der Waals surface area contributed by atoms with Gasteiger partial charge in [-0.05, 0) is 49.8 Å². The molecular formula is C20H35IN4O3S. The highest BCUT2D eigenvalue weighted by molar-refractivity contribution is 14.0. The molecule has 0 amide bonds. The molecule has 0 radical (unpaired) electrons. The normalized spacial score (nSPS) is 15.9. The van der Waals surface area contributed by atoms with E-state index in [2.05, 4.69) is 27.3 Å². The topological polar surface area (TPSA) is 91.8 Å². The molecule has 0 spiro atoms. The van der Waals surface area contributed by atoms with Crippen molar-refractivity contribution < 1.29 is 13.2 Å². The van der Waals surface area contributed by atoms with Gasteiger partial charge >= 0.3 is 0 Å². The van der Waals surface area contributed by atoms with E-state index in [-0.39, 0.29) is 29.7 Å². The third-order valence-corrected chi connectivity index (χ3v) is 6.67. The number of nitrogens with one attached hydrogen (secondary N) is 3. The van der Waals surface area contributed by atoms with Crippen molar-refractivity contribution in [2.75, 3.05) is 33.9 Å². The molecule has 1 saturated carbocycles. The van der Waals surface area contributed by atoms with Crippen LogP contribution in [0.2, 0.25) is 0 Å². The van der Waals surface area contributed by atoms with Crippen LogP contribution in [0.25, 0.3) is 0 Å². The van der Waals surface area contributed by atoms with Crippen LogP contribution in [-0.4, -0.2) is 48.2 Å². The van der Waals surface area contributed by atoms with Gasteiger partial charge in [-0.2, -0.15) is 0 Å². The second-order valence-electron chi connectivity index (χ2n) is 7.42. The fraction of sp³-hybridized carbons (Fsp3) is 0.650. The van der Waals surface area contributed by atoms with Crippen molar-refractivity contribution in [3.8, 4) is 0 Å². The Morgan fingerprint density at radius 1 is 1.17 bits per heavy atom. The van der Waals surface area contributed by atoms with Gasteiger partial charge in [0.15, 0.2) is 5.96 Å². The minimum atomic E-state index is -3.25. The summed E-state index contributed by atoms with van der Waals surface area (Å²) in [6, 6.07) is 7.54. The zero-order chi connectivity index (χ0) is 20.5. The van der Waals surface area contributed by atoms with Crippen LogP contribution in [0.15, 0.2) is 29.3 Å². The molecule has 0 bridgehead atoms. The number of hydrogen-bond donors (Lipinski definition) is 3. The minimum Gasteiger partial charge on any atom is -0.385 e. The Bertz CT molecular complexity index is 735. The van der Waals surface area contributed by atoms with Gasteiger partial charge in [-0.1, -0.05) is 30.7 Å². The van der Waals surface area contributed by atoms with Gasteiger partial charge in [-0.15, -0.1) is 24.0 Å². The molecule has 7 nitrogen and oxygen atoms in total. The maximum atomic E-state index is 11.6. The van der Waals surface area contributed by atoms with E-state index >= 15 is 0 Å². The van der Waals surface area contributed by atoms with Crippen LogP contribution in [0, 0.1) is 5.41 Å². The summed E-state index contributed by atoms with van der Waals surface area (Å²) in [5.74, 6) is 0.800. The van der Waals surface area contributed by atoms with Crippen LogP contribution >= 0.6 is 24.0 Å². The zero-order valence-electron chi connectivity index (χ0n) is 17.7. The molecule has 0 atom stereocenters. The van der Waals surface area contributed by atoms with Gasteiger partial charge in [0.25, 0.3) is 0 Å². The van der Waals surface area contributed by atoms with Crippen LogP contribution in [0.4, 0.5) is 0 Å². The fourth-order valence-electron chi connectivity index (χ4n) is 3.33. The van der Waals surface area contributed by atoms with Crippen molar-refractivity contribution >= 4 is 40.0 Å². The number of nitrogens with zero attached hydrogens (tertiary/aromatic N) is 1. The summed E-state index contributed by atoms with van der Waals surface area (Å²) in [5.41, 5.74) is 2.13. The molecule has 0 saturated heterocycles. The number of methoxy groups -OCH3 is 1. The number of rotatable bonds is 11. The van der Waals surface area contributed by atoms with E-state index in [1.807, 2.05) is 24.3 Å². The van der Waals surface area contributed by atoms with Crippen molar-refractivity contribution in [3.05, 3.63) is 35.4 Å². The lowest BCUT2D eigenvalue weighted by atomic mass is 9.67. The summed E-state index contributed by atoms with van der Waals surface area (Å²) in [6.45, 7) is 5.10. The Morgan fingerprint density at radius 2 is 1.83 bits per heavy atom. The first kappa shape index (κ1) is 26.1. The van der Waals surface area contributed by atoms with Crippen molar-refractivity contribution in [3.63, 3.8) is 0 Å². The third kappa shape index (κ3) is 8.77. The Morgan fingerprint density at radius 3 is 2.34 bits per heavy atom. The standard InChI is InChI=1S/C20H34N4O3S.HI/c1-4-22-19(24-16-20(10-5-11-20)12-13-27-3)23-14-17-6-8-18(9-7-17)15-28(25,26)21-2;/h6-9,21H,4-5,10-16H2,1-3H3,(H2,22,23,24);1H. The van der Waals surface area contributed by atoms with Gasteiger partial charge in [-0.25, -0.2) is 18.1 Å². The summed E-state index contributed by atoms with van der Waals surface area (Å²) in [5, 5.41) is 6.79. The van der Waals surface area contributed by atoms with Crippen LogP contribution in [0.5, 0.6) is 0 Å². The van der Waals surface area contributed by atoms with E-state index in [0.29, 0.717) is 12.0 Å². The number of guanidine groups is 1. The van der Waals surface area contributed by atoms with Crippen LogP contribution in [0.1, 0.15) is 43.7 Å². The molecule has 1 aliphatic rings. The highest BCUT2D eigenvalue weighted by Crippen LogP contribution is 2.43. The first-order chi connectivity index (χ1) is 13.4. The van der Waals surface area contributed by atoms with Crippen molar-refractivity contribution in [1.29, 1.82) is 0 Å². The molecule has 0 unspecified atom stereocenters. The maximum absolute atomic E-state index is 11.6. The van der Waals surface area contributed by atoms with Gasteiger partial charge in [0.05, 0.1) is 12.3 Å². The van der Waals surface area contributed by atoms with E-state index < -0.39 is 10.0 Å². The molecule has 0 aromatic heterocycles. The lowest BCUT2D eigenvalue weighted by Gasteiger charge is -2.42. The van der Waals surface area contributed by atoms with Gasteiger partial charge in [0, 0.05) is 26.8 Å². The highest BCUT2D eigenvalue weighted by Gasteiger charge is 2.36. The molecule has 0 aliphatic heterocycles. The first-order valence-corrected chi connectivity index (χ1v) is 11.6. The van der Waals surface area contributed by atoms with Crippen molar-refractivity contribution in [2.24, 2.45) is 10.4 Å². The molecular weight excluding hydrogens is 503 g/mol. The third-order valence-electron chi connectivity index (χ3n) is 5.34. The maximum Gasteiger partial charge on any atom is 0.215 e. The summed E-state index contributed by atoms with van der Waals surface area (Å²) in [4.78, 5) is 4.68. The molecule has 1 aliphatic carbocycles. The Balaban J connectivity index is 0.00000420. The number of benzene rings is 1. The van der Waals surface area contributed by atoms with Gasteiger partial charge < -0.3 is 15.4 Å². The molecule has 1 aromatic carbocycles. The highest BCUT2D eigenvalue weighted by atomic mass is 127. The molecule has 0 heterocycles. The predicted molar refractivity (Wildman–Crippen MR) is 129 cm³/mol. The zero-order valence-corrected chi connectivity index (χ0v) is 20.8. The minimum absolute atomic E-state index is 0. The quantitative estimate of drug-likeness (QED) is 0.229. The van der Waals surface area contributed by atoms with E-state index in [1.165, 1.54) is 26.3 Å². The smallest absolute Gasteiger partial charge is 0.215 e. The summed E-state index contributed by atoms with van der Waals surface area (Å²) in [7, 11) is -0.0682. The lowest BCUT2D eigenvalue weighted by Crippen LogP contribution is -2.46. The van der Waals surface area contributed by atoms with E-state index in [9.17, 15) is 8.42 Å². The molecule has 9 heteroatoms. The van der Waals surface area contributed by atoms with Gasteiger partial charge in [-0.3, -0.25) is 0 Å². The fourth-order valence-corrected chi connectivity index (χ4v) is 4.10.